The van der Waals surface area contributed by atoms with Crippen molar-refractivity contribution in [2.75, 3.05) is 6.54 Å². The molecule has 0 aromatic heterocycles. The minimum Gasteiger partial charge on any atom is -0.356 e. The van der Waals surface area contributed by atoms with Crippen LogP contribution in [0.3, 0.4) is 0 Å². The van der Waals surface area contributed by atoms with Gasteiger partial charge in [-0.2, -0.15) is 0 Å². The van der Waals surface area contributed by atoms with Crippen LogP contribution in [0.1, 0.15) is 77.6 Å². The SMILES string of the molecule is CCCCCCNC(=O)CCCCCCCC=O. The molecule has 0 atom stereocenters. The second kappa shape index (κ2) is 14.2. The first kappa shape index (κ1) is 17.1. The van der Waals surface area contributed by atoms with Gasteiger partial charge in [0.25, 0.3) is 0 Å². The highest BCUT2D eigenvalue weighted by Gasteiger charge is 2.00. The Bertz CT molecular complexity index is 205. The number of hydrogen-bond acceptors (Lipinski definition) is 2. The zero-order valence-corrected chi connectivity index (χ0v) is 11.9. The van der Waals surface area contributed by atoms with Crippen molar-refractivity contribution in [1.82, 2.24) is 5.32 Å². The summed E-state index contributed by atoms with van der Waals surface area (Å²) in [6.45, 7) is 3.02. The Morgan fingerprint density at radius 3 is 2.33 bits per heavy atom. The van der Waals surface area contributed by atoms with Crippen molar-refractivity contribution in [3.63, 3.8) is 0 Å². The van der Waals surface area contributed by atoms with Crippen molar-refractivity contribution < 1.29 is 9.59 Å². The number of unbranched alkanes of at least 4 members (excludes halogenated alkanes) is 8. The highest BCUT2D eigenvalue weighted by molar-refractivity contribution is 5.75. The summed E-state index contributed by atoms with van der Waals surface area (Å²) in [5, 5.41) is 2.97. The first-order valence-electron chi connectivity index (χ1n) is 7.51. The molecule has 0 spiro atoms. The summed E-state index contributed by atoms with van der Waals surface area (Å²) in [5.74, 6) is 0.194. The summed E-state index contributed by atoms with van der Waals surface area (Å²) < 4.78 is 0. The number of aldehydes is 1. The lowest BCUT2D eigenvalue weighted by Crippen LogP contribution is -2.23. The van der Waals surface area contributed by atoms with Crippen molar-refractivity contribution in [1.29, 1.82) is 0 Å². The second-order valence-corrected chi connectivity index (χ2v) is 4.88. The number of rotatable bonds is 13. The second-order valence-electron chi connectivity index (χ2n) is 4.88. The van der Waals surface area contributed by atoms with Gasteiger partial charge in [-0.1, -0.05) is 45.4 Å². The van der Waals surface area contributed by atoms with E-state index in [4.69, 9.17) is 0 Å². The predicted molar refractivity (Wildman–Crippen MR) is 75.5 cm³/mol. The summed E-state index contributed by atoms with van der Waals surface area (Å²) in [7, 11) is 0. The molecule has 0 bridgehead atoms. The van der Waals surface area contributed by atoms with E-state index < -0.39 is 0 Å². The van der Waals surface area contributed by atoms with Crippen molar-refractivity contribution in [3.8, 4) is 0 Å². The minimum atomic E-state index is 0.194. The lowest BCUT2D eigenvalue weighted by atomic mass is 10.1. The zero-order chi connectivity index (χ0) is 13.5. The number of amides is 1. The zero-order valence-electron chi connectivity index (χ0n) is 11.9. The Morgan fingerprint density at radius 1 is 0.944 bits per heavy atom. The molecule has 106 valence electrons. The van der Waals surface area contributed by atoms with Gasteiger partial charge in [-0.15, -0.1) is 0 Å². The molecule has 0 unspecified atom stereocenters. The van der Waals surface area contributed by atoms with E-state index in [0.29, 0.717) is 12.8 Å². The molecule has 0 aromatic rings. The number of nitrogens with one attached hydrogen (secondary N) is 1. The van der Waals surface area contributed by atoms with E-state index in [1.54, 1.807) is 0 Å². The average Bonchev–Trinajstić information content (AvgIpc) is 2.37. The normalized spacial score (nSPS) is 10.3. The highest BCUT2D eigenvalue weighted by atomic mass is 16.1. The Hall–Kier alpha value is -0.860. The fourth-order valence-corrected chi connectivity index (χ4v) is 1.91. The van der Waals surface area contributed by atoms with Crippen LogP contribution in [0.4, 0.5) is 0 Å². The van der Waals surface area contributed by atoms with Gasteiger partial charge in [0.1, 0.15) is 6.29 Å². The molecule has 0 saturated carbocycles. The van der Waals surface area contributed by atoms with E-state index in [1.165, 1.54) is 19.3 Å². The Labute approximate surface area is 112 Å². The number of hydrogen-bond donors (Lipinski definition) is 1. The third-order valence-corrected chi connectivity index (χ3v) is 3.08. The lowest BCUT2D eigenvalue weighted by Gasteiger charge is -2.04. The van der Waals surface area contributed by atoms with Crippen LogP contribution in [-0.4, -0.2) is 18.7 Å². The largest absolute Gasteiger partial charge is 0.356 e. The Balaban J connectivity index is 3.14. The summed E-state index contributed by atoms with van der Waals surface area (Å²) in [5.41, 5.74) is 0. The molecule has 1 amide bonds. The summed E-state index contributed by atoms with van der Waals surface area (Å²) in [6, 6.07) is 0. The smallest absolute Gasteiger partial charge is 0.219 e. The lowest BCUT2D eigenvalue weighted by molar-refractivity contribution is -0.121. The minimum absolute atomic E-state index is 0.194. The third kappa shape index (κ3) is 13.2. The number of carbonyl (C=O) groups is 2. The van der Waals surface area contributed by atoms with Crippen LogP contribution in [0.2, 0.25) is 0 Å². The predicted octanol–water partition coefficient (Wildman–Crippen LogP) is 3.61. The Morgan fingerprint density at radius 2 is 1.61 bits per heavy atom. The van der Waals surface area contributed by atoms with E-state index in [9.17, 15) is 9.59 Å². The topological polar surface area (TPSA) is 46.2 Å². The van der Waals surface area contributed by atoms with Gasteiger partial charge in [-0.25, -0.2) is 0 Å². The standard InChI is InChI=1S/C15H29NO2/c1-2-3-4-10-13-16-15(18)12-9-7-5-6-8-11-14-17/h14H,2-13H2,1H3,(H,16,18). The van der Waals surface area contributed by atoms with E-state index in [0.717, 1.165) is 51.4 Å². The van der Waals surface area contributed by atoms with Gasteiger partial charge in [0.05, 0.1) is 0 Å². The summed E-state index contributed by atoms with van der Waals surface area (Å²) in [6.07, 6.45) is 12.4. The molecule has 0 aliphatic heterocycles. The molecule has 0 heterocycles. The molecule has 3 heteroatoms. The Kier molecular flexibility index (Phi) is 13.5. The maximum absolute atomic E-state index is 11.5. The van der Waals surface area contributed by atoms with Gasteiger partial charge in [0, 0.05) is 19.4 Å². The highest BCUT2D eigenvalue weighted by Crippen LogP contribution is 2.06. The fraction of sp³-hybridized carbons (Fsp3) is 0.867. The van der Waals surface area contributed by atoms with E-state index in [1.807, 2.05) is 0 Å². The molecule has 1 N–H and O–H groups in total. The van der Waals surface area contributed by atoms with Crippen molar-refractivity contribution in [2.45, 2.75) is 77.6 Å². The molecule has 0 saturated heterocycles. The van der Waals surface area contributed by atoms with Crippen molar-refractivity contribution in [2.24, 2.45) is 0 Å². The van der Waals surface area contributed by atoms with Gasteiger partial charge < -0.3 is 10.1 Å². The number of carbonyl (C=O) groups excluding carboxylic acids is 2. The molecule has 0 aliphatic rings. The quantitative estimate of drug-likeness (QED) is 0.403. The van der Waals surface area contributed by atoms with Crippen LogP contribution in [0.25, 0.3) is 0 Å². The van der Waals surface area contributed by atoms with Crippen LogP contribution in [-0.2, 0) is 9.59 Å². The maximum Gasteiger partial charge on any atom is 0.219 e. The van der Waals surface area contributed by atoms with E-state index in [-0.39, 0.29) is 5.91 Å². The first-order chi connectivity index (χ1) is 8.81. The first-order valence-corrected chi connectivity index (χ1v) is 7.51. The van der Waals surface area contributed by atoms with Gasteiger partial charge in [-0.3, -0.25) is 4.79 Å². The monoisotopic (exact) mass is 255 g/mol. The van der Waals surface area contributed by atoms with Crippen LogP contribution < -0.4 is 5.32 Å². The van der Waals surface area contributed by atoms with Crippen LogP contribution in [0, 0.1) is 0 Å². The third-order valence-electron chi connectivity index (χ3n) is 3.08. The molecule has 0 rings (SSSR count). The molecule has 18 heavy (non-hydrogen) atoms. The van der Waals surface area contributed by atoms with Crippen LogP contribution in [0.15, 0.2) is 0 Å². The van der Waals surface area contributed by atoms with Crippen LogP contribution in [0.5, 0.6) is 0 Å². The molecule has 0 fully saturated rings. The van der Waals surface area contributed by atoms with Gasteiger partial charge >= 0.3 is 0 Å². The molecule has 0 radical (unpaired) electrons. The van der Waals surface area contributed by atoms with Gasteiger partial charge in [0.2, 0.25) is 5.91 Å². The fourth-order valence-electron chi connectivity index (χ4n) is 1.91. The molecule has 0 aliphatic carbocycles. The summed E-state index contributed by atoms with van der Waals surface area (Å²) >= 11 is 0. The van der Waals surface area contributed by atoms with Gasteiger partial charge in [0.15, 0.2) is 0 Å². The van der Waals surface area contributed by atoms with Crippen molar-refractivity contribution >= 4 is 12.2 Å². The van der Waals surface area contributed by atoms with E-state index in [2.05, 4.69) is 12.2 Å². The van der Waals surface area contributed by atoms with Gasteiger partial charge in [-0.05, 0) is 19.3 Å². The molecular formula is C15H29NO2. The van der Waals surface area contributed by atoms with Crippen LogP contribution >= 0.6 is 0 Å². The summed E-state index contributed by atoms with van der Waals surface area (Å²) in [4.78, 5) is 21.5. The average molecular weight is 255 g/mol. The van der Waals surface area contributed by atoms with E-state index >= 15 is 0 Å². The molecule has 0 aromatic carbocycles. The van der Waals surface area contributed by atoms with Crippen molar-refractivity contribution in [3.05, 3.63) is 0 Å². The molecule has 3 nitrogen and oxygen atoms in total. The molecular weight excluding hydrogens is 226 g/mol. The maximum atomic E-state index is 11.5.